The number of Topliss-reactive ketones (excluding diaryl/α,β-unsaturated/α-hetero) is 1. The summed E-state index contributed by atoms with van der Waals surface area (Å²) in [4.78, 5) is 39.6. The number of hydrogen-bond acceptors (Lipinski definition) is 11. The second-order valence-corrected chi connectivity index (χ2v) is 10.2. The molecule has 0 saturated carbocycles. The van der Waals surface area contributed by atoms with Crippen LogP contribution in [-0.2, 0) is 20.7 Å². The Morgan fingerprint density at radius 1 is 1.15 bits per heavy atom. The standard InChI is InChI=1S/C27H28FNO10/c1-9-20(29)25(35)19(28)26(38-9)39-14-8-27(36,10(2)30)7-12-16(14)24(34)18-17(22(12)32)21(31)11-5-4-6-13(37-3)15(11)23(18)33/h4-6,9,14,19-20,25-26,32,34-36H,7-8,29H2,1-3H3. The Morgan fingerprint density at radius 2 is 1.82 bits per heavy atom. The van der Waals surface area contributed by atoms with Gasteiger partial charge >= 0.3 is 0 Å². The minimum absolute atomic E-state index is 0.0675. The zero-order valence-electron chi connectivity index (χ0n) is 21.3. The van der Waals surface area contributed by atoms with Gasteiger partial charge in [0.15, 0.2) is 24.0 Å². The molecule has 2 aliphatic carbocycles. The van der Waals surface area contributed by atoms with Gasteiger partial charge in [0.25, 0.3) is 0 Å². The van der Waals surface area contributed by atoms with Gasteiger partial charge in [-0.05, 0) is 19.9 Å². The van der Waals surface area contributed by atoms with Crippen LogP contribution in [0.2, 0.25) is 0 Å². The summed E-state index contributed by atoms with van der Waals surface area (Å²) in [6.45, 7) is 2.60. The highest BCUT2D eigenvalue weighted by molar-refractivity contribution is 6.31. The van der Waals surface area contributed by atoms with Crippen LogP contribution in [0.3, 0.4) is 0 Å². The molecule has 0 amide bonds. The Morgan fingerprint density at radius 3 is 2.46 bits per heavy atom. The number of aliphatic hydroxyl groups is 2. The number of hydrogen-bond donors (Lipinski definition) is 5. The predicted molar refractivity (Wildman–Crippen MR) is 131 cm³/mol. The highest BCUT2D eigenvalue weighted by Gasteiger charge is 2.51. The number of aliphatic hydroxyl groups excluding tert-OH is 1. The lowest BCUT2D eigenvalue weighted by Gasteiger charge is -2.43. The maximum atomic E-state index is 15.0. The fourth-order valence-corrected chi connectivity index (χ4v) is 5.60. The van der Waals surface area contributed by atoms with Crippen LogP contribution < -0.4 is 10.5 Å². The lowest BCUT2D eigenvalue weighted by atomic mass is 9.72. The molecule has 6 N–H and O–H groups in total. The molecule has 39 heavy (non-hydrogen) atoms. The van der Waals surface area contributed by atoms with Crippen molar-refractivity contribution in [2.24, 2.45) is 5.73 Å². The second-order valence-electron chi connectivity index (χ2n) is 10.2. The van der Waals surface area contributed by atoms with E-state index in [9.17, 15) is 34.8 Å². The van der Waals surface area contributed by atoms with Crippen LogP contribution in [0.25, 0.3) is 0 Å². The molecular weight excluding hydrogens is 517 g/mol. The number of ketones is 3. The molecule has 0 aromatic heterocycles. The summed E-state index contributed by atoms with van der Waals surface area (Å²) >= 11 is 0. The van der Waals surface area contributed by atoms with Crippen molar-refractivity contribution in [2.75, 3.05) is 7.11 Å². The first-order valence-electron chi connectivity index (χ1n) is 12.3. The van der Waals surface area contributed by atoms with E-state index < -0.39 is 95.2 Å². The molecule has 2 aromatic rings. The van der Waals surface area contributed by atoms with E-state index in [0.717, 1.165) is 6.92 Å². The van der Waals surface area contributed by atoms with Crippen molar-refractivity contribution in [2.45, 2.75) is 69.1 Å². The Hall–Kier alpha value is -3.42. The molecule has 2 aromatic carbocycles. The number of benzene rings is 2. The van der Waals surface area contributed by atoms with Crippen LogP contribution in [0, 0.1) is 0 Å². The van der Waals surface area contributed by atoms with E-state index >= 15 is 4.39 Å². The third-order valence-electron chi connectivity index (χ3n) is 7.90. The molecule has 1 saturated heterocycles. The SMILES string of the molecule is COc1cccc2c1C(=O)c1c(O)c3c(c(O)c1C2=O)CC(O)(C(C)=O)CC3OC1OC(C)C(N)C(O)C1F. The highest BCUT2D eigenvalue weighted by Crippen LogP contribution is 2.52. The lowest BCUT2D eigenvalue weighted by Crippen LogP contribution is -2.59. The van der Waals surface area contributed by atoms with E-state index in [4.69, 9.17) is 19.9 Å². The molecule has 0 radical (unpaired) electrons. The molecule has 1 aliphatic heterocycles. The molecule has 208 valence electrons. The fourth-order valence-electron chi connectivity index (χ4n) is 5.60. The van der Waals surface area contributed by atoms with Gasteiger partial charge in [0.2, 0.25) is 5.78 Å². The molecule has 1 heterocycles. The molecule has 5 rings (SSSR count). The van der Waals surface area contributed by atoms with E-state index in [2.05, 4.69) is 0 Å². The fraction of sp³-hybridized carbons (Fsp3) is 0.444. The van der Waals surface area contributed by atoms with Crippen molar-refractivity contribution in [3.05, 3.63) is 51.6 Å². The highest BCUT2D eigenvalue weighted by atomic mass is 19.1. The quantitative estimate of drug-likeness (QED) is 0.294. The normalized spacial score (nSPS) is 31.8. The first-order chi connectivity index (χ1) is 18.3. The zero-order chi connectivity index (χ0) is 28.5. The molecule has 0 spiro atoms. The van der Waals surface area contributed by atoms with Gasteiger partial charge in [-0.1, -0.05) is 12.1 Å². The predicted octanol–water partition coefficient (Wildman–Crippen LogP) is 0.977. The third-order valence-corrected chi connectivity index (χ3v) is 7.90. The van der Waals surface area contributed by atoms with Crippen molar-refractivity contribution in [3.8, 4) is 17.2 Å². The van der Waals surface area contributed by atoms with Crippen LogP contribution in [0.15, 0.2) is 18.2 Å². The van der Waals surface area contributed by atoms with Crippen molar-refractivity contribution in [3.63, 3.8) is 0 Å². The third kappa shape index (κ3) is 3.94. The summed E-state index contributed by atoms with van der Waals surface area (Å²) in [5, 5.41) is 44.1. The van der Waals surface area contributed by atoms with E-state index in [1.165, 1.54) is 32.2 Å². The van der Waals surface area contributed by atoms with Crippen LogP contribution in [0.5, 0.6) is 17.2 Å². The van der Waals surface area contributed by atoms with Gasteiger partial charge in [0.1, 0.15) is 29.0 Å². The summed E-state index contributed by atoms with van der Waals surface area (Å²) in [6, 6.07) is 3.26. The second kappa shape index (κ2) is 9.35. The topological polar surface area (TPSA) is 186 Å². The number of rotatable bonds is 4. The summed E-state index contributed by atoms with van der Waals surface area (Å²) in [7, 11) is 1.30. The minimum Gasteiger partial charge on any atom is -0.507 e. The van der Waals surface area contributed by atoms with E-state index in [1.54, 1.807) is 0 Å². The molecule has 3 aliphatic rings. The number of alkyl halides is 1. The maximum Gasteiger partial charge on any atom is 0.202 e. The van der Waals surface area contributed by atoms with Gasteiger partial charge in [0.05, 0.1) is 42.0 Å². The average Bonchev–Trinajstić information content (AvgIpc) is 2.90. The molecule has 7 unspecified atom stereocenters. The number of methoxy groups -OCH3 is 1. The van der Waals surface area contributed by atoms with Gasteiger partial charge in [-0.3, -0.25) is 14.4 Å². The Kier molecular flexibility index (Phi) is 6.51. The average molecular weight is 546 g/mol. The summed E-state index contributed by atoms with van der Waals surface area (Å²) < 4.78 is 31.6. The van der Waals surface area contributed by atoms with Crippen LogP contribution in [0.4, 0.5) is 4.39 Å². The van der Waals surface area contributed by atoms with Gasteiger partial charge in [0, 0.05) is 29.5 Å². The maximum absolute atomic E-state index is 15.0. The van der Waals surface area contributed by atoms with Crippen LogP contribution >= 0.6 is 0 Å². The van der Waals surface area contributed by atoms with E-state index in [-0.39, 0.29) is 28.0 Å². The molecular formula is C27H28FNO10. The number of phenols is 2. The zero-order valence-corrected chi connectivity index (χ0v) is 21.3. The number of phenolic OH excluding ortho intramolecular Hbond substituents is 2. The van der Waals surface area contributed by atoms with Crippen molar-refractivity contribution < 1.29 is 53.4 Å². The number of fused-ring (bicyclic) bond motifs is 3. The Labute approximate surface area is 221 Å². The monoisotopic (exact) mass is 545 g/mol. The molecule has 0 bridgehead atoms. The van der Waals surface area contributed by atoms with Gasteiger partial charge in [-0.25, -0.2) is 4.39 Å². The van der Waals surface area contributed by atoms with Crippen molar-refractivity contribution in [1.82, 2.24) is 0 Å². The van der Waals surface area contributed by atoms with Crippen LogP contribution in [0.1, 0.15) is 69.3 Å². The van der Waals surface area contributed by atoms with Crippen LogP contribution in [-0.4, -0.2) is 81.2 Å². The van der Waals surface area contributed by atoms with Gasteiger partial charge in [-0.15, -0.1) is 0 Å². The van der Waals surface area contributed by atoms with E-state index in [0.29, 0.717) is 0 Å². The molecule has 1 fully saturated rings. The number of carbonyl (C=O) groups is 3. The molecule has 11 nitrogen and oxygen atoms in total. The first-order valence-corrected chi connectivity index (χ1v) is 12.3. The van der Waals surface area contributed by atoms with Crippen molar-refractivity contribution >= 4 is 17.3 Å². The lowest BCUT2D eigenvalue weighted by molar-refractivity contribution is -0.273. The van der Waals surface area contributed by atoms with Gasteiger partial charge < -0.3 is 40.4 Å². The minimum atomic E-state index is -2.14. The molecule has 12 heteroatoms. The summed E-state index contributed by atoms with van der Waals surface area (Å²) in [5.41, 5.74) is 1.98. The number of ether oxygens (including phenoxy) is 3. The number of carbonyl (C=O) groups excluding carboxylic acids is 3. The molecule has 7 atom stereocenters. The van der Waals surface area contributed by atoms with E-state index in [1.807, 2.05) is 0 Å². The Balaban J connectivity index is 1.70. The number of aromatic hydroxyl groups is 2. The smallest absolute Gasteiger partial charge is 0.202 e. The first kappa shape index (κ1) is 27.2. The Bertz CT molecular complexity index is 1410. The summed E-state index contributed by atoms with van der Waals surface area (Å²) in [5.74, 6) is -3.70. The van der Waals surface area contributed by atoms with Gasteiger partial charge in [-0.2, -0.15) is 0 Å². The number of halogens is 1. The van der Waals surface area contributed by atoms with Crippen molar-refractivity contribution in [1.29, 1.82) is 0 Å². The largest absolute Gasteiger partial charge is 0.507 e. The number of nitrogens with two attached hydrogens (primary N) is 1. The summed E-state index contributed by atoms with van der Waals surface area (Å²) in [6.07, 6.45) is -8.92.